The molecule has 0 aliphatic carbocycles. The smallest absolute Gasteiger partial charge is 0.122 e. The van der Waals surface area contributed by atoms with Crippen LogP contribution in [0.15, 0.2) is 30.4 Å². The Morgan fingerprint density at radius 1 is 1.12 bits per heavy atom. The summed E-state index contributed by atoms with van der Waals surface area (Å²) in [5.74, 6) is 1.66. The maximum Gasteiger partial charge on any atom is 0.122 e. The largest absolute Gasteiger partial charge is 0.497 e. The lowest BCUT2D eigenvalue weighted by Gasteiger charge is -2.09. The van der Waals surface area contributed by atoms with Crippen LogP contribution in [0.1, 0.15) is 18.9 Å². The average Bonchev–Trinajstić information content (AvgIpc) is 2.38. The second-order valence-electron chi connectivity index (χ2n) is 3.76. The van der Waals surface area contributed by atoms with Gasteiger partial charge in [0.15, 0.2) is 0 Å². The minimum absolute atomic E-state index is 0.825. The van der Waals surface area contributed by atoms with E-state index in [2.05, 4.69) is 17.5 Å². The fourth-order valence-electron chi connectivity index (χ4n) is 1.55. The summed E-state index contributed by atoms with van der Waals surface area (Å²) in [5.41, 5.74) is 1.17. The Balaban J connectivity index is 2.51. The Kier molecular flexibility index (Phi) is 6.18. The minimum Gasteiger partial charge on any atom is -0.497 e. The fourth-order valence-corrected chi connectivity index (χ4v) is 1.55. The molecule has 0 aliphatic rings. The molecule has 0 aliphatic heterocycles. The Hall–Kier alpha value is -1.48. The fraction of sp³-hybridized carbons (Fsp3) is 0.429. The second kappa shape index (κ2) is 7.74. The SMILES string of the molecule is C/C=C/CCNCc1cc(OC)cc(OC)c1. The lowest BCUT2D eigenvalue weighted by molar-refractivity contribution is 0.393. The first kappa shape index (κ1) is 13.6. The van der Waals surface area contributed by atoms with Crippen molar-refractivity contribution in [2.24, 2.45) is 0 Å². The van der Waals surface area contributed by atoms with E-state index in [0.29, 0.717) is 0 Å². The number of methoxy groups -OCH3 is 2. The van der Waals surface area contributed by atoms with Crippen LogP contribution in [0.4, 0.5) is 0 Å². The molecule has 1 N–H and O–H groups in total. The monoisotopic (exact) mass is 235 g/mol. The van der Waals surface area contributed by atoms with Gasteiger partial charge in [0, 0.05) is 12.6 Å². The zero-order valence-electron chi connectivity index (χ0n) is 10.8. The standard InChI is InChI=1S/C14H21NO2/c1-4-5-6-7-15-11-12-8-13(16-2)10-14(9-12)17-3/h4-5,8-10,15H,6-7,11H2,1-3H3/b5-4+. The van der Waals surface area contributed by atoms with Crippen molar-refractivity contribution in [2.45, 2.75) is 19.9 Å². The molecule has 0 saturated carbocycles. The number of hydrogen-bond donors (Lipinski definition) is 1. The van der Waals surface area contributed by atoms with Crippen LogP contribution in [0, 0.1) is 0 Å². The van der Waals surface area contributed by atoms with Gasteiger partial charge in [0.2, 0.25) is 0 Å². The number of nitrogens with one attached hydrogen (secondary N) is 1. The molecule has 1 aromatic rings. The van der Waals surface area contributed by atoms with E-state index >= 15 is 0 Å². The van der Waals surface area contributed by atoms with E-state index in [1.165, 1.54) is 5.56 Å². The minimum atomic E-state index is 0.825. The van der Waals surface area contributed by atoms with Crippen molar-refractivity contribution in [3.8, 4) is 11.5 Å². The molecular weight excluding hydrogens is 214 g/mol. The Morgan fingerprint density at radius 2 is 1.76 bits per heavy atom. The maximum atomic E-state index is 5.22. The first-order valence-electron chi connectivity index (χ1n) is 5.84. The quantitative estimate of drug-likeness (QED) is 0.582. The molecular formula is C14H21NO2. The van der Waals surface area contributed by atoms with Crippen LogP contribution in [-0.2, 0) is 6.54 Å². The van der Waals surface area contributed by atoms with Gasteiger partial charge in [-0.3, -0.25) is 0 Å². The van der Waals surface area contributed by atoms with Gasteiger partial charge < -0.3 is 14.8 Å². The summed E-state index contributed by atoms with van der Waals surface area (Å²) in [4.78, 5) is 0. The molecule has 0 saturated heterocycles. The van der Waals surface area contributed by atoms with Gasteiger partial charge in [0.05, 0.1) is 14.2 Å². The lowest BCUT2D eigenvalue weighted by Crippen LogP contribution is -2.14. The van der Waals surface area contributed by atoms with E-state index in [-0.39, 0.29) is 0 Å². The van der Waals surface area contributed by atoms with Gasteiger partial charge in [-0.1, -0.05) is 12.2 Å². The Labute approximate surface area is 103 Å². The van der Waals surface area contributed by atoms with Crippen molar-refractivity contribution in [3.05, 3.63) is 35.9 Å². The van der Waals surface area contributed by atoms with Gasteiger partial charge >= 0.3 is 0 Å². The first-order chi connectivity index (χ1) is 8.30. The summed E-state index contributed by atoms with van der Waals surface area (Å²) in [5, 5.41) is 3.38. The highest BCUT2D eigenvalue weighted by Gasteiger charge is 2.01. The predicted octanol–water partition coefficient (Wildman–Crippen LogP) is 2.76. The average molecular weight is 235 g/mol. The van der Waals surface area contributed by atoms with Gasteiger partial charge in [-0.2, -0.15) is 0 Å². The van der Waals surface area contributed by atoms with Gasteiger partial charge in [-0.25, -0.2) is 0 Å². The zero-order valence-corrected chi connectivity index (χ0v) is 10.8. The van der Waals surface area contributed by atoms with Crippen LogP contribution in [0.5, 0.6) is 11.5 Å². The van der Waals surface area contributed by atoms with E-state index in [0.717, 1.165) is 31.0 Å². The molecule has 1 aromatic carbocycles. The zero-order chi connectivity index (χ0) is 12.5. The topological polar surface area (TPSA) is 30.5 Å². The number of hydrogen-bond acceptors (Lipinski definition) is 3. The first-order valence-corrected chi connectivity index (χ1v) is 5.84. The number of allylic oxidation sites excluding steroid dienone is 1. The third kappa shape index (κ3) is 4.91. The lowest BCUT2D eigenvalue weighted by atomic mass is 10.2. The molecule has 0 amide bonds. The predicted molar refractivity (Wildman–Crippen MR) is 70.7 cm³/mol. The van der Waals surface area contributed by atoms with Crippen LogP contribution in [-0.4, -0.2) is 20.8 Å². The summed E-state index contributed by atoms with van der Waals surface area (Å²) in [6, 6.07) is 5.92. The maximum absolute atomic E-state index is 5.22. The van der Waals surface area contributed by atoms with Crippen molar-refractivity contribution in [2.75, 3.05) is 20.8 Å². The highest BCUT2D eigenvalue weighted by atomic mass is 16.5. The van der Waals surface area contributed by atoms with Crippen molar-refractivity contribution in [3.63, 3.8) is 0 Å². The molecule has 3 nitrogen and oxygen atoms in total. The molecule has 0 unspecified atom stereocenters. The number of rotatable bonds is 7. The van der Waals surface area contributed by atoms with Crippen LogP contribution < -0.4 is 14.8 Å². The molecule has 0 fully saturated rings. The van der Waals surface area contributed by atoms with Crippen LogP contribution in [0.3, 0.4) is 0 Å². The van der Waals surface area contributed by atoms with Gasteiger partial charge in [-0.05, 0) is 37.6 Å². The number of benzene rings is 1. The third-order valence-electron chi connectivity index (χ3n) is 2.46. The highest BCUT2D eigenvalue weighted by molar-refractivity contribution is 5.38. The van der Waals surface area contributed by atoms with E-state index in [4.69, 9.17) is 9.47 Å². The normalized spacial score (nSPS) is 10.8. The van der Waals surface area contributed by atoms with Crippen LogP contribution >= 0.6 is 0 Å². The van der Waals surface area contributed by atoms with E-state index in [9.17, 15) is 0 Å². The molecule has 1 rings (SSSR count). The number of ether oxygens (including phenoxy) is 2. The summed E-state index contributed by atoms with van der Waals surface area (Å²) in [7, 11) is 3.33. The third-order valence-corrected chi connectivity index (χ3v) is 2.46. The molecule has 0 aromatic heterocycles. The molecule has 94 valence electrons. The summed E-state index contributed by atoms with van der Waals surface area (Å²) in [6.07, 6.45) is 5.27. The van der Waals surface area contributed by atoms with E-state index in [1.54, 1.807) is 14.2 Å². The second-order valence-corrected chi connectivity index (χ2v) is 3.76. The van der Waals surface area contributed by atoms with Crippen LogP contribution in [0.2, 0.25) is 0 Å². The van der Waals surface area contributed by atoms with Crippen molar-refractivity contribution >= 4 is 0 Å². The molecule has 3 heteroatoms. The Morgan fingerprint density at radius 3 is 2.29 bits per heavy atom. The van der Waals surface area contributed by atoms with Crippen molar-refractivity contribution < 1.29 is 9.47 Å². The summed E-state index contributed by atoms with van der Waals surface area (Å²) < 4.78 is 10.4. The van der Waals surface area contributed by atoms with Crippen LogP contribution in [0.25, 0.3) is 0 Å². The summed E-state index contributed by atoms with van der Waals surface area (Å²) in [6.45, 7) is 3.84. The van der Waals surface area contributed by atoms with Gasteiger partial charge in [0.25, 0.3) is 0 Å². The summed E-state index contributed by atoms with van der Waals surface area (Å²) >= 11 is 0. The Bertz CT molecular complexity index is 339. The molecule has 0 radical (unpaired) electrons. The molecule has 0 bridgehead atoms. The van der Waals surface area contributed by atoms with Crippen molar-refractivity contribution in [1.29, 1.82) is 0 Å². The molecule has 0 atom stereocenters. The van der Waals surface area contributed by atoms with Gasteiger partial charge in [0.1, 0.15) is 11.5 Å². The molecule has 17 heavy (non-hydrogen) atoms. The molecule has 0 heterocycles. The van der Waals surface area contributed by atoms with E-state index < -0.39 is 0 Å². The van der Waals surface area contributed by atoms with Gasteiger partial charge in [-0.15, -0.1) is 0 Å². The van der Waals surface area contributed by atoms with Crippen molar-refractivity contribution in [1.82, 2.24) is 5.32 Å². The highest BCUT2D eigenvalue weighted by Crippen LogP contribution is 2.22. The van der Waals surface area contributed by atoms with E-state index in [1.807, 2.05) is 25.1 Å². The molecule has 0 spiro atoms.